The lowest BCUT2D eigenvalue weighted by molar-refractivity contribution is -0.118. The Kier molecular flexibility index (Phi) is 4.79. The normalized spacial score (nSPS) is 12.0. The summed E-state index contributed by atoms with van der Waals surface area (Å²) in [6, 6.07) is 7.98. The third kappa shape index (κ3) is 3.95. The fourth-order valence-electron chi connectivity index (χ4n) is 1.13. The molecule has 0 aliphatic carbocycles. The largest absolute Gasteiger partial charge is 0.329 e. The number of halogens is 2. The van der Waals surface area contributed by atoms with Crippen LogP contribution in [0.15, 0.2) is 34.4 Å². The summed E-state index contributed by atoms with van der Waals surface area (Å²) in [4.78, 5) is 10.9. The quantitative estimate of drug-likeness (QED) is 0.780. The molecule has 0 aliphatic rings. The zero-order valence-corrected chi connectivity index (χ0v) is 12.2. The van der Waals surface area contributed by atoms with Gasteiger partial charge in [-0.25, -0.2) is 0 Å². The molecule has 2 nitrogen and oxygen atoms in total. The number of nitrogens with one attached hydrogen (secondary N) is 1. The van der Waals surface area contributed by atoms with Crippen LogP contribution >= 0.6 is 38.5 Å². The SMILES string of the molecule is CC(=O)N/C(C)=C(/I)c1ccc(Br)cc1. The van der Waals surface area contributed by atoms with Crippen LogP contribution in [-0.4, -0.2) is 5.91 Å². The van der Waals surface area contributed by atoms with Crippen LogP contribution in [-0.2, 0) is 4.79 Å². The molecule has 1 amide bonds. The van der Waals surface area contributed by atoms with Crippen molar-refractivity contribution in [1.82, 2.24) is 5.32 Å². The summed E-state index contributed by atoms with van der Waals surface area (Å²) in [5, 5.41) is 2.78. The second-order valence-electron chi connectivity index (χ2n) is 3.13. The van der Waals surface area contributed by atoms with Gasteiger partial charge < -0.3 is 5.32 Å². The van der Waals surface area contributed by atoms with Gasteiger partial charge in [-0.15, -0.1) is 0 Å². The molecule has 0 saturated carbocycles. The molecule has 80 valence electrons. The summed E-state index contributed by atoms with van der Waals surface area (Å²) in [6.45, 7) is 3.40. The zero-order chi connectivity index (χ0) is 11.4. The van der Waals surface area contributed by atoms with E-state index in [1.54, 1.807) is 0 Å². The number of benzene rings is 1. The number of rotatable bonds is 2. The Morgan fingerprint density at radius 2 is 1.80 bits per heavy atom. The molecular formula is C11H11BrINO. The van der Waals surface area contributed by atoms with E-state index < -0.39 is 0 Å². The number of allylic oxidation sites excluding steroid dienone is 1. The molecule has 1 rings (SSSR count). The van der Waals surface area contributed by atoms with Gasteiger partial charge in [-0.2, -0.15) is 0 Å². The highest BCUT2D eigenvalue weighted by atomic mass is 127. The molecule has 15 heavy (non-hydrogen) atoms. The van der Waals surface area contributed by atoms with Crippen molar-refractivity contribution in [3.63, 3.8) is 0 Å². The van der Waals surface area contributed by atoms with Crippen molar-refractivity contribution in [1.29, 1.82) is 0 Å². The Morgan fingerprint density at radius 1 is 1.27 bits per heavy atom. The highest BCUT2D eigenvalue weighted by Crippen LogP contribution is 2.25. The minimum atomic E-state index is -0.0428. The van der Waals surface area contributed by atoms with E-state index >= 15 is 0 Å². The van der Waals surface area contributed by atoms with Crippen LogP contribution in [0.2, 0.25) is 0 Å². The molecule has 0 saturated heterocycles. The topological polar surface area (TPSA) is 29.1 Å². The molecule has 0 fully saturated rings. The van der Waals surface area contributed by atoms with E-state index in [9.17, 15) is 4.79 Å². The molecule has 0 spiro atoms. The van der Waals surface area contributed by atoms with Crippen LogP contribution in [0.25, 0.3) is 3.58 Å². The van der Waals surface area contributed by atoms with Gasteiger partial charge in [-0.3, -0.25) is 4.79 Å². The summed E-state index contributed by atoms with van der Waals surface area (Å²) in [7, 11) is 0. The van der Waals surface area contributed by atoms with Crippen molar-refractivity contribution in [2.75, 3.05) is 0 Å². The van der Waals surface area contributed by atoms with Gasteiger partial charge in [-0.05, 0) is 47.2 Å². The van der Waals surface area contributed by atoms with Crippen molar-refractivity contribution >= 4 is 48.0 Å². The van der Waals surface area contributed by atoms with Gasteiger partial charge >= 0.3 is 0 Å². The minimum Gasteiger partial charge on any atom is -0.329 e. The molecule has 0 radical (unpaired) electrons. The van der Waals surface area contributed by atoms with E-state index in [1.165, 1.54) is 6.92 Å². The minimum absolute atomic E-state index is 0.0428. The van der Waals surface area contributed by atoms with Crippen molar-refractivity contribution in [2.45, 2.75) is 13.8 Å². The molecular weight excluding hydrogens is 369 g/mol. The van der Waals surface area contributed by atoms with Gasteiger partial charge in [0.1, 0.15) is 0 Å². The van der Waals surface area contributed by atoms with Gasteiger partial charge in [-0.1, -0.05) is 28.1 Å². The molecule has 4 heteroatoms. The molecule has 0 aromatic heterocycles. The fourth-order valence-corrected chi connectivity index (χ4v) is 1.89. The zero-order valence-electron chi connectivity index (χ0n) is 8.47. The maximum Gasteiger partial charge on any atom is 0.221 e. The fraction of sp³-hybridized carbons (Fsp3) is 0.182. The van der Waals surface area contributed by atoms with Crippen molar-refractivity contribution < 1.29 is 4.79 Å². The van der Waals surface area contributed by atoms with E-state index in [0.29, 0.717) is 0 Å². The number of carbonyl (C=O) groups excluding carboxylic acids is 1. The molecule has 0 bridgehead atoms. The third-order valence-electron chi connectivity index (χ3n) is 1.79. The van der Waals surface area contributed by atoms with Crippen LogP contribution in [0, 0.1) is 0 Å². The molecule has 0 aliphatic heterocycles. The first-order valence-electron chi connectivity index (χ1n) is 4.40. The monoisotopic (exact) mass is 379 g/mol. The lowest BCUT2D eigenvalue weighted by Gasteiger charge is -2.07. The summed E-state index contributed by atoms with van der Waals surface area (Å²) >= 11 is 5.61. The molecule has 0 heterocycles. The predicted molar refractivity (Wildman–Crippen MR) is 74.6 cm³/mol. The van der Waals surface area contributed by atoms with E-state index in [-0.39, 0.29) is 5.91 Å². The molecule has 0 unspecified atom stereocenters. The van der Waals surface area contributed by atoms with Crippen LogP contribution in [0.3, 0.4) is 0 Å². The van der Waals surface area contributed by atoms with Crippen molar-refractivity contribution in [2.24, 2.45) is 0 Å². The summed E-state index contributed by atoms with van der Waals surface area (Å²) in [5.74, 6) is -0.0428. The first kappa shape index (κ1) is 12.7. The Balaban J connectivity index is 2.96. The highest BCUT2D eigenvalue weighted by Gasteiger charge is 2.03. The smallest absolute Gasteiger partial charge is 0.221 e. The summed E-state index contributed by atoms with van der Waals surface area (Å²) in [6.07, 6.45) is 0. The number of hydrogen-bond acceptors (Lipinski definition) is 1. The van der Waals surface area contributed by atoms with E-state index in [0.717, 1.165) is 19.3 Å². The van der Waals surface area contributed by atoms with Gasteiger partial charge in [0.25, 0.3) is 0 Å². The van der Waals surface area contributed by atoms with Gasteiger partial charge in [0.05, 0.1) is 0 Å². The Bertz CT molecular complexity index is 398. The average Bonchev–Trinajstić information content (AvgIpc) is 2.17. The Morgan fingerprint density at radius 3 is 2.27 bits per heavy atom. The average molecular weight is 380 g/mol. The number of hydrogen-bond donors (Lipinski definition) is 1. The highest BCUT2D eigenvalue weighted by molar-refractivity contribution is 14.1. The maximum atomic E-state index is 10.9. The maximum absolute atomic E-state index is 10.9. The second kappa shape index (κ2) is 5.65. The molecule has 0 atom stereocenters. The molecule has 1 aromatic carbocycles. The van der Waals surface area contributed by atoms with Crippen molar-refractivity contribution in [3.05, 3.63) is 40.0 Å². The van der Waals surface area contributed by atoms with Crippen LogP contribution in [0.4, 0.5) is 0 Å². The first-order valence-corrected chi connectivity index (χ1v) is 6.28. The van der Waals surface area contributed by atoms with Crippen LogP contribution in [0.5, 0.6) is 0 Å². The van der Waals surface area contributed by atoms with Crippen LogP contribution < -0.4 is 5.32 Å². The molecule has 1 aromatic rings. The first-order chi connectivity index (χ1) is 7.00. The lowest BCUT2D eigenvalue weighted by Crippen LogP contribution is -2.17. The number of carbonyl (C=O) groups is 1. The summed E-state index contributed by atoms with van der Waals surface area (Å²) in [5.41, 5.74) is 1.98. The Labute approximate surface area is 111 Å². The number of amides is 1. The van der Waals surface area contributed by atoms with Crippen LogP contribution in [0.1, 0.15) is 19.4 Å². The van der Waals surface area contributed by atoms with Gasteiger partial charge in [0.15, 0.2) is 0 Å². The van der Waals surface area contributed by atoms with Gasteiger partial charge in [0, 0.05) is 20.7 Å². The lowest BCUT2D eigenvalue weighted by atomic mass is 10.2. The van der Waals surface area contributed by atoms with E-state index in [4.69, 9.17) is 0 Å². The Hall–Kier alpha value is -0.360. The van der Waals surface area contributed by atoms with Crippen molar-refractivity contribution in [3.8, 4) is 0 Å². The second-order valence-corrected chi connectivity index (χ2v) is 5.12. The third-order valence-corrected chi connectivity index (χ3v) is 3.75. The standard InChI is InChI=1S/C11H11BrINO/c1-7(14-8(2)15)11(13)9-3-5-10(12)6-4-9/h3-6H,1-2H3,(H,14,15)/b11-7+. The predicted octanol–water partition coefficient (Wildman–Crippen LogP) is 3.71. The summed E-state index contributed by atoms with van der Waals surface area (Å²) < 4.78 is 2.10. The van der Waals surface area contributed by atoms with E-state index in [2.05, 4.69) is 43.8 Å². The van der Waals surface area contributed by atoms with E-state index in [1.807, 2.05) is 31.2 Å². The molecule has 1 N–H and O–H groups in total. The van der Waals surface area contributed by atoms with Gasteiger partial charge in [0.2, 0.25) is 5.91 Å².